The molecule has 2 rings (SSSR count). The minimum absolute atomic E-state index is 0.0294. The summed E-state index contributed by atoms with van der Waals surface area (Å²) in [6.07, 6.45) is 0. The molecule has 0 aliphatic heterocycles. The van der Waals surface area contributed by atoms with Crippen LogP contribution >= 0.6 is 24.0 Å². The number of para-hydroxylation sites is 1. The number of carbonyl (C=O) groups excluding carboxylic acids is 1. The third-order valence-electron chi connectivity index (χ3n) is 3.84. The Balaban J connectivity index is 2.16. The third-order valence-corrected chi connectivity index (χ3v) is 4.95. The number of aromatic amines is 1. The molecule has 0 radical (unpaired) electrons. The summed E-state index contributed by atoms with van der Waals surface area (Å²) in [7, 11) is 0. The molecule has 1 heterocycles. The van der Waals surface area contributed by atoms with Gasteiger partial charge < -0.3 is 10.3 Å². The molecule has 2 aromatic rings. The number of amides is 1. The molecule has 0 spiro atoms. The van der Waals surface area contributed by atoms with Crippen LogP contribution in [-0.2, 0) is 4.79 Å². The lowest BCUT2D eigenvalue weighted by atomic mass is 9.92. The SMILES string of the molecule is Cc1cc(SCC(=O)Nc2c(C(C)C)cccc2C(C)C)nc(=S)[nH]1. The number of nitrogens with zero attached hydrogens (tertiary/aromatic N) is 1. The van der Waals surface area contributed by atoms with Crippen LogP contribution in [0.2, 0.25) is 0 Å². The van der Waals surface area contributed by atoms with Crippen molar-refractivity contribution in [2.24, 2.45) is 0 Å². The van der Waals surface area contributed by atoms with Crippen LogP contribution in [-0.4, -0.2) is 21.6 Å². The van der Waals surface area contributed by atoms with E-state index in [4.69, 9.17) is 12.2 Å². The van der Waals surface area contributed by atoms with Gasteiger partial charge in [-0.1, -0.05) is 57.7 Å². The Bertz CT molecular complexity index is 786. The number of carbonyl (C=O) groups is 1. The minimum Gasteiger partial charge on any atom is -0.335 e. The van der Waals surface area contributed by atoms with Crippen molar-refractivity contribution in [3.05, 3.63) is 45.9 Å². The summed E-state index contributed by atoms with van der Waals surface area (Å²) in [6, 6.07) is 8.13. The van der Waals surface area contributed by atoms with Crippen LogP contribution in [0.1, 0.15) is 56.4 Å². The van der Waals surface area contributed by atoms with E-state index in [1.54, 1.807) is 0 Å². The maximum atomic E-state index is 12.5. The van der Waals surface area contributed by atoms with Crippen LogP contribution < -0.4 is 5.32 Å². The molecule has 6 heteroatoms. The van der Waals surface area contributed by atoms with Crippen molar-refractivity contribution in [1.82, 2.24) is 9.97 Å². The summed E-state index contributed by atoms with van der Waals surface area (Å²) in [5, 5.41) is 3.88. The quantitative estimate of drug-likeness (QED) is 0.402. The predicted octanol–water partition coefficient (Wildman–Crippen LogP) is 5.43. The molecule has 0 aliphatic carbocycles. The van der Waals surface area contributed by atoms with E-state index in [1.165, 1.54) is 22.9 Å². The molecule has 0 bridgehead atoms. The van der Waals surface area contributed by atoms with E-state index in [2.05, 4.69) is 61.2 Å². The first kappa shape index (κ1) is 19.7. The lowest BCUT2D eigenvalue weighted by molar-refractivity contribution is -0.113. The molecule has 2 N–H and O–H groups in total. The van der Waals surface area contributed by atoms with Gasteiger partial charge in [-0.15, -0.1) is 0 Å². The fraction of sp³-hybridized carbons (Fsp3) is 0.421. The monoisotopic (exact) mass is 375 g/mol. The second-order valence-corrected chi connectivity index (χ2v) is 8.05. The van der Waals surface area contributed by atoms with Gasteiger partial charge in [-0.25, -0.2) is 4.98 Å². The van der Waals surface area contributed by atoms with Crippen molar-refractivity contribution in [3.8, 4) is 0 Å². The van der Waals surface area contributed by atoms with Crippen molar-refractivity contribution >= 4 is 35.6 Å². The summed E-state index contributed by atoms with van der Waals surface area (Å²) in [4.78, 5) is 19.7. The van der Waals surface area contributed by atoms with Crippen molar-refractivity contribution in [2.75, 3.05) is 11.1 Å². The second-order valence-electron chi connectivity index (χ2n) is 6.67. The van der Waals surface area contributed by atoms with E-state index in [1.807, 2.05) is 13.0 Å². The summed E-state index contributed by atoms with van der Waals surface area (Å²) in [5.41, 5.74) is 4.23. The zero-order valence-corrected chi connectivity index (χ0v) is 17.0. The number of hydrogen-bond acceptors (Lipinski definition) is 4. The molecule has 0 aliphatic rings. The Morgan fingerprint density at radius 2 is 1.84 bits per heavy atom. The molecule has 1 aromatic heterocycles. The van der Waals surface area contributed by atoms with Crippen molar-refractivity contribution in [3.63, 3.8) is 0 Å². The van der Waals surface area contributed by atoms with Gasteiger partial charge in [0, 0.05) is 11.4 Å². The van der Waals surface area contributed by atoms with Crippen LogP contribution in [0.5, 0.6) is 0 Å². The summed E-state index contributed by atoms with van der Waals surface area (Å²) >= 11 is 6.48. The Hall–Kier alpha value is -1.66. The molecule has 0 saturated carbocycles. The summed E-state index contributed by atoms with van der Waals surface area (Å²) in [5.74, 6) is 0.963. The van der Waals surface area contributed by atoms with Crippen molar-refractivity contribution < 1.29 is 4.79 Å². The first-order valence-corrected chi connectivity index (χ1v) is 9.80. The Labute approximate surface area is 158 Å². The highest BCUT2D eigenvalue weighted by molar-refractivity contribution is 7.99. The molecule has 0 atom stereocenters. The van der Waals surface area contributed by atoms with Crippen LogP contribution in [0.3, 0.4) is 0 Å². The van der Waals surface area contributed by atoms with E-state index < -0.39 is 0 Å². The summed E-state index contributed by atoms with van der Waals surface area (Å²) in [6.45, 7) is 10.5. The van der Waals surface area contributed by atoms with Gasteiger partial charge in [-0.2, -0.15) is 0 Å². The molecule has 1 aromatic carbocycles. The van der Waals surface area contributed by atoms with Gasteiger partial charge in [-0.3, -0.25) is 4.79 Å². The highest BCUT2D eigenvalue weighted by Crippen LogP contribution is 2.32. The summed E-state index contributed by atoms with van der Waals surface area (Å²) < 4.78 is 0.440. The van der Waals surface area contributed by atoms with Gasteiger partial charge in [0.1, 0.15) is 5.03 Å². The lowest BCUT2D eigenvalue weighted by Gasteiger charge is -2.20. The maximum Gasteiger partial charge on any atom is 0.234 e. The number of benzene rings is 1. The molecule has 0 saturated heterocycles. The van der Waals surface area contributed by atoms with Gasteiger partial charge in [0.05, 0.1) is 5.75 Å². The van der Waals surface area contributed by atoms with E-state index in [9.17, 15) is 4.79 Å². The molecule has 0 unspecified atom stereocenters. The van der Waals surface area contributed by atoms with Crippen LogP contribution in [0, 0.1) is 11.7 Å². The van der Waals surface area contributed by atoms with Crippen LogP contribution in [0.15, 0.2) is 29.3 Å². The van der Waals surface area contributed by atoms with Gasteiger partial charge in [0.2, 0.25) is 5.91 Å². The molecule has 25 heavy (non-hydrogen) atoms. The van der Waals surface area contributed by atoms with Gasteiger partial charge in [-0.05, 0) is 48.2 Å². The highest BCUT2D eigenvalue weighted by Gasteiger charge is 2.16. The number of H-pyrrole nitrogens is 1. The Kier molecular flexibility index (Phi) is 6.79. The zero-order valence-electron chi connectivity index (χ0n) is 15.3. The first-order chi connectivity index (χ1) is 11.8. The number of aryl methyl sites for hydroxylation is 1. The zero-order chi connectivity index (χ0) is 18.6. The number of nitrogens with one attached hydrogen (secondary N) is 2. The highest BCUT2D eigenvalue weighted by atomic mass is 32.2. The maximum absolute atomic E-state index is 12.5. The fourth-order valence-corrected chi connectivity index (χ4v) is 3.72. The Morgan fingerprint density at radius 3 is 2.36 bits per heavy atom. The van der Waals surface area contributed by atoms with Gasteiger partial charge in [0.15, 0.2) is 4.77 Å². The number of hydrogen-bond donors (Lipinski definition) is 2. The molecule has 1 amide bonds. The van der Waals surface area contributed by atoms with E-state index >= 15 is 0 Å². The second kappa shape index (κ2) is 8.63. The first-order valence-electron chi connectivity index (χ1n) is 8.41. The Morgan fingerprint density at radius 1 is 1.24 bits per heavy atom. The fourth-order valence-electron chi connectivity index (χ4n) is 2.63. The number of aromatic nitrogens is 2. The molecule has 0 fully saturated rings. The van der Waals surface area contributed by atoms with Crippen LogP contribution in [0.4, 0.5) is 5.69 Å². The number of anilines is 1. The van der Waals surface area contributed by atoms with Gasteiger partial charge in [0.25, 0.3) is 0 Å². The van der Waals surface area contributed by atoms with E-state index in [0.717, 1.165) is 16.4 Å². The molecule has 134 valence electrons. The topological polar surface area (TPSA) is 57.8 Å². The third kappa shape index (κ3) is 5.41. The average Bonchev–Trinajstić information content (AvgIpc) is 2.51. The average molecular weight is 376 g/mol. The normalized spacial score (nSPS) is 11.2. The van der Waals surface area contributed by atoms with Crippen LogP contribution in [0.25, 0.3) is 0 Å². The standard InChI is InChI=1S/C19H25N3OS2/c1-11(2)14-7-6-8-15(12(3)4)18(14)21-16(23)10-25-17-9-13(5)20-19(24)22-17/h6-9,11-12H,10H2,1-5H3,(H,21,23)(H,20,22,24). The van der Waals surface area contributed by atoms with Crippen molar-refractivity contribution in [1.29, 1.82) is 0 Å². The van der Waals surface area contributed by atoms with E-state index in [0.29, 0.717) is 22.4 Å². The molecular formula is C19H25N3OS2. The predicted molar refractivity (Wildman–Crippen MR) is 108 cm³/mol. The number of rotatable bonds is 6. The van der Waals surface area contributed by atoms with Crippen molar-refractivity contribution in [2.45, 2.75) is 51.5 Å². The van der Waals surface area contributed by atoms with E-state index in [-0.39, 0.29) is 5.91 Å². The smallest absolute Gasteiger partial charge is 0.234 e. The lowest BCUT2D eigenvalue weighted by Crippen LogP contribution is -2.17. The minimum atomic E-state index is -0.0294. The number of thioether (sulfide) groups is 1. The molecular weight excluding hydrogens is 350 g/mol. The van der Waals surface area contributed by atoms with Gasteiger partial charge >= 0.3 is 0 Å². The molecule has 4 nitrogen and oxygen atoms in total. The largest absolute Gasteiger partial charge is 0.335 e.